The molecule has 1 saturated carbocycles. The van der Waals surface area contributed by atoms with Gasteiger partial charge in [-0.3, -0.25) is 5.10 Å². The van der Waals surface area contributed by atoms with Crippen molar-refractivity contribution in [3.63, 3.8) is 0 Å². The fourth-order valence-corrected chi connectivity index (χ4v) is 4.73. The van der Waals surface area contributed by atoms with Crippen LogP contribution in [0.4, 0.5) is 0 Å². The third kappa shape index (κ3) is 2.30. The summed E-state index contributed by atoms with van der Waals surface area (Å²) in [6, 6.07) is 2.33. The van der Waals surface area contributed by atoms with Gasteiger partial charge >= 0.3 is 0 Å². The molecule has 4 rings (SSSR count). The average Bonchev–Trinajstić information content (AvgIpc) is 3.14. The summed E-state index contributed by atoms with van der Waals surface area (Å²) < 4.78 is 0. The quantitative estimate of drug-likeness (QED) is 0.886. The van der Waals surface area contributed by atoms with Gasteiger partial charge in [-0.25, -0.2) is 4.98 Å². The second-order valence-corrected chi connectivity index (χ2v) is 7.28. The first kappa shape index (κ1) is 12.6. The van der Waals surface area contributed by atoms with E-state index >= 15 is 0 Å². The topological polar surface area (TPSA) is 41.6 Å². The van der Waals surface area contributed by atoms with Gasteiger partial charge in [0.2, 0.25) is 0 Å². The zero-order chi connectivity index (χ0) is 13.4. The molecule has 0 amide bonds. The minimum Gasteiger partial charge on any atom is -0.262 e. The van der Waals surface area contributed by atoms with E-state index in [2.05, 4.69) is 16.3 Å². The Morgan fingerprint density at radius 3 is 2.75 bits per heavy atom. The standard InChI is InChI=1S/C16H21N3S/c1-2-6-11(7-3-1)15-17-16(19-18-15)14-10-12-8-4-5-9-13(12)20-14/h10-11H,1-9H2,(H,17,18,19). The van der Waals surface area contributed by atoms with Crippen molar-refractivity contribution >= 4 is 11.3 Å². The smallest absolute Gasteiger partial charge is 0.191 e. The Kier molecular flexibility index (Phi) is 3.34. The molecule has 3 nitrogen and oxygen atoms in total. The first-order valence-corrected chi connectivity index (χ1v) is 8.76. The van der Waals surface area contributed by atoms with Gasteiger partial charge in [0.05, 0.1) is 4.88 Å². The summed E-state index contributed by atoms with van der Waals surface area (Å²) >= 11 is 1.90. The van der Waals surface area contributed by atoms with Crippen LogP contribution in [0.1, 0.15) is 67.1 Å². The summed E-state index contributed by atoms with van der Waals surface area (Å²) in [4.78, 5) is 7.62. The molecule has 0 atom stereocenters. The maximum atomic E-state index is 4.79. The zero-order valence-corrected chi connectivity index (χ0v) is 12.6. The number of aromatic amines is 1. The molecule has 2 aliphatic carbocycles. The molecule has 0 radical (unpaired) electrons. The van der Waals surface area contributed by atoms with E-state index < -0.39 is 0 Å². The Hall–Kier alpha value is -1.16. The van der Waals surface area contributed by atoms with Gasteiger partial charge in [0, 0.05) is 10.8 Å². The largest absolute Gasteiger partial charge is 0.262 e. The van der Waals surface area contributed by atoms with E-state index in [0.29, 0.717) is 5.92 Å². The third-order valence-electron chi connectivity index (χ3n) is 4.71. The Morgan fingerprint density at radius 1 is 1.05 bits per heavy atom. The van der Waals surface area contributed by atoms with Gasteiger partial charge in [0.15, 0.2) is 5.82 Å². The predicted octanol–water partition coefficient (Wildman–Crippen LogP) is 4.46. The third-order valence-corrected chi connectivity index (χ3v) is 5.94. The number of aromatic nitrogens is 3. The summed E-state index contributed by atoms with van der Waals surface area (Å²) in [5, 5.41) is 7.68. The number of rotatable bonds is 2. The molecule has 0 spiro atoms. The monoisotopic (exact) mass is 287 g/mol. The molecule has 2 aliphatic rings. The molecule has 2 aromatic rings. The first-order valence-electron chi connectivity index (χ1n) is 7.94. The summed E-state index contributed by atoms with van der Waals surface area (Å²) in [6.07, 6.45) is 11.8. The molecule has 20 heavy (non-hydrogen) atoms. The Balaban J connectivity index is 1.59. The zero-order valence-electron chi connectivity index (χ0n) is 11.8. The van der Waals surface area contributed by atoms with Crippen molar-refractivity contribution < 1.29 is 0 Å². The lowest BCUT2D eigenvalue weighted by Gasteiger charge is -2.18. The number of fused-ring (bicyclic) bond motifs is 1. The lowest BCUT2D eigenvalue weighted by molar-refractivity contribution is 0.429. The summed E-state index contributed by atoms with van der Waals surface area (Å²) in [6.45, 7) is 0. The highest BCUT2D eigenvalue weighted by molar-refractivity contribution is 7.15. The van der Waals surface area contributed by atoms with Crippen LogP contribution in [0.25, 0.3) is 10.7 Å². The van der Waals surface area contributed by atoms with Crippen LogP contribution in [0.2, 0.25) is 0 Å². The van der Waals surface area contributed by atoms with E-state index in [1.807, 2.05) is 11.3 Å². The molecule has 106 valence electrons. The maximum absolute atomic E-state index is 4.79. The van der Waals surface area contributed by atoms with Crippen LogP contribution < -0.4 is 0 Å². The van der Waals surface area contributed by atoms with Crippen LogP contribution in [0.3, 0.4) is 0 Å². The fraction of sp³-hybridized carbons (Fsp3) is 0.625. The molecule has 0 bridgehead atoms. The van der Waals surface area contributed by atoms with Gasteiger partial charge in [-0.15, -0.1) is 11.3 Å². The van der Waals surface area contributed by atoms with Crippen molar-refractivity contribution in [2.24, 2.45) is 0 Å². The van der Waals surface area contributed by atoms with Gasteiger partial charge in [0.1, 0.15) is 5.82 Å². The first-order chi connectivity index (χ1) is 9.90. The van der Waals surface area contributed by atoms with E-state index in [9.17, 15) is 0 Å². The fourth-order valence-electron chi connectivity index (χ4n) is 3.54. The number of thiophene rings is 1. The molecule has 4 heteroatoms. The maximum Gasteiger partial charge on any atom is 0.191 e. The molecule has 1 fully saturated rings. The SMILES string of the molecule is c1c(-c2n[nH]c(C3CCCCC3)n2)sc2c1CCCC2. The molecule has 0 aliphatic heterocycles. The number of nitrogens with zero attached hydrogens (tertiary/aromatic N) is 2. The van der Waals surface area contributed by atoms with Gasteiger partial charge in [-0.05, 0) is 50.2 Å². The molecule has 2 aromatic heterocycles. The van der Waals surface area contributed by atoms with Crippen LogP contribution in [0.5, 0.6) is 0 Å². The second kappa shape index (κ2) is 5.32. The highest BCUT2D eigenvalue weighted by atomic mass is 32.1. The van der Waals surface area contributed by atoms with Gasteiger partial charge in [0.25, 0.3) is 0 Å². The van der Waals surface area contributed by atoms with Gasteiger partial charge in [-0.2, -0.15) is 5.10 Å². The minimum absolute atomic E-state index is 0.611. The second-order valence-electron chi connectivity index (χ2n) is 6.15. The van der Waals surface area contributed by atoms with Crippen LogP contribution in [0, 0.1) is 0 Å². The van der Waals surface area contributed by atoms with Crippen molar-refractivity contribution in [2.75, 3.05) is 0 Å². The van der Waals surface area contributed by atoms with Crippen LogP contribution in [-0.2, 0) is 12.8 Å². The number of hydrogen-bond acceptors (Lipinski definition) is 3. The minimum atomic E-state index is 0.611. The highest BCUT2D eigenvalue weighted by Crippen LogP contribution is 2.36. The normalized spacial score (nSPS) is 20.0. The van der Waals surface area contributed by atoms with Gasteiger partial charge in [-0.1, -0.05) is 19.3 Å². The van der Waals surface area contributed by atoms with E-state index in [1.54, 1.807) is 10.4 Å². The van der Waals surface area contributed by atoms with E-state index in [4.69, 9.17) is 4.98 Å². The Bertz CT molecular complexity index is 569. The van der Waals surface area contributed by atoms with Crippen LogP contribution in [-0.4, -0.2) is 15.2 Å². The van der Waals surface area contributed by atoms with Crippen molar-refractivity contribution in [2.45, 2.75) is 63.7 Å². The molecule has 0 saturated heterocycles. The molecular formula is C16H21N3S. The molecule has 2 heterocycles. The summed E-state index contributed by atoms with van der Waals surface area (Å²) in [5.74, 6) is 2.65. The lowest BCUT2D eigenvalue weighted by atomic mass is 9.89. The summed E-state index contributed by atoms with van der Waals surface area (Å²) in [7, 11) is 0. The lowest BCUT2D eigenvalue weighted by Crippen LogP contribution is -2.06. The Morgan fingerprint density at radius 2 is 1.90 bits per heavy atom. The van der Waals surface area contributed by atoms with E-state index in [-0.39, 0.29) is 0 Å². The number of aryl methyl sites for hydroxylation is 2. The van der Waals surface area contributed by atoms with Crippen molar-refractivity contribution in [1.29, 1.82) is 0 Å². The molecular weight excluding hydrogens is 266 g/mol. The Labute approximate surface area is 123 Å². The number of H-pyrrole nitrogens is 1. The van der Waals surface area contributed by atoms with E-state index in [1.165, 1.54) is 62.7 Å². The molecule has 1 N–H and O–H groups in total. The van der Waals surface area contributed by atoms with Crippen LogP contribution >= 0.6 is 11.3 Å². The van der Waals surface area contributed by atoms with E-state index in [0.717, 1.165) is 11.6 Å². The van der Waals surface area contributed by atoms with Gasteiger partial charge < -0.3 is 0 Å². The summed E-state index contributed by atoms with van der Waals surface area (Å²) in [5.41, 5.74) is 1.54. The molecule has 0 aromatic carbocycles. The van der Waals surface area contributed by atoms with Crippen molar-refractivity contribution in [3.05, 3.63) is 22.3 Å². The van der Waals surface area contributed by atoms with Crippen molar-refractivity contribution in [1.82, 2.24) is 15.2 Å². The highest BCUT2D eigenvalue weighted by Gasteiger charge is 2.21. The number of hydrogen-bond donors (Lipinski definition) is 1. The molecule has 0 unspecified atom stereocenters. The predicted molar refractivity (Wildman–Crippen MR) is 82.2 cm³/mol. The van der Waals surface area contributed by atoms with Crippen LogP contribution in [0.15, 0.2) is 6.07 Å². The number of nitrogens with one attached hydrogen (secondary N) is 1. The average molecular weight is 287 g/mol. The van der Waals surface area contributed by atoms with Crippen molar-refractivity contribution in [3.8, 4) is 10.7 Å².